The summed E-state index contributed by atoms with van der Waals surface area (Å²) in [6.45, 7) is 13.3. The van der Waals surface area contributed by atoms with Crippen LogP contribution in [0.25, 0.3) is 0 Å². The molecule has 2 nitrogen and oxygen atoms in total. The molecule has 0 unspecified atom stereocenters. The van der Waals surface area contributed by atoms with Crippen LogP contribution in [0.5, 0.6) is 5.75 Å². The Balaban J connectivity index is 1.76. The van der Waals surface area contributed by atoms with Gasteiger partial charge in [-0.2, -0.15) is 0 Å². The zero-order chi connectivity index (χ0) is 18.3. The van der Waals surface area contributed by atoms with Crippen molar-refractivity contribution in [2.24, 2.45) is 5.41 Å². The highest BCUT2D eigenvalue weighted by molar-refractivity contribution is 5.31. The molecule has 0 heterocycles. The largest absolute Gasteiger partial charge is 0.491 e. The lowest BCUT2D eigenvalue weighted by Crippen LogP contribution is -2.24. The standard InChI is InChI=1S/C23H32O2/c1-22(2,3)18-23(4,5)20-11-13-21(14-12-20)25-16-15-24-17-19-9-7-6-8-10-19/h6-14H,15-18H2,1-5H3. The molecular weight excluding hydrogens is 308 g/mol. The summed E-state index contributed by atoms with van der Waals surface area (Å²) in [5, 5.41) is 0. The van der Waals surface area contributed by atoms with E-state index in [0.29, 0.717) is 25.2 Å². The third kappa shape index (κ3) is 6.91. The van der Waals surface area contributed by atoms with Crippen molar-refractivity contribution in [2.75, 3.05) is 13.2 Å². The number of ether oxygens (including phenoxy) is 2. The molecule has 2 aromatic rings. The number of rotatable bonds is 8. The summed E-state index contributed by atoms with van der Waals surface area (Å²) in [4.78, 5) is 0. The van der Waals surface area contributed by atoms with Gasteiger partial charge in [0.25, 0.3) is 0 Å². The van der Waals surface area contributed by atoms with Crippen molar-refractivity contribution < 1.29 is 9.47 Å². The van der Waals surface area contributed by atoms with Gasteiger partial charge in [0.2, 0.25) is 0 Å². The minimum atomic E-state index is 0.162. The number of benzene rings is 2. The third-order valence-corrected chi connectivity index (χ3v) is 4.22. The van der Waals surface area contributed by atoms with E-state index in [4.69, 9.17) is 9.47 Å². The number of hydrogen-bond acceptors (Lipinski definition) is 2. The Hall–Kier alpha value is -1.80. The van der Waals surface area contributed by atoms with Crippen LogP contribution in [0.3, 0.4) is 0 Å². The maximum atomic E-state index is 5.79. The average Bonchev–Trinajstić information content (AvgIpc) is 2.54. The van der Waals surface area contributed by atoms with Gasteiger partial charge < -0.3 is 9.47 Å². The van der Waals surface area contributed by atoms with Crippen molar-refractivity contribution in [3.63, 3.8) is 0 Å². The molecule has 0 radical (unpaired) electrons. The fourth-order valence-corrected chi connectivity index (χ4v) is 3.41. The molecule has 0 aliphatic carbocycles. The van der Waals surface area contributed by atoms with Gasteiger partial charge in [-0.25, -0.2) is 0 Å². The van der Waals surface area contributed by atoms with Crippen molar-refractivity contribution in [3.05, 3.63) is 65.7 Å². The third-order valence-electron chi connectivity index (χ3n) is 4.22. The first-order valence-electron chi connectivity index (χ1n) is 9.11. The van der Waals surface area contributed by atoms with Crippen LogP contribution in [-0.2, 0) is 16.8 Å². The Kier molecular flexibility index (Phi) is 6.66. The van der Waals surface area contributed by atoms with Crippen LogP contribution < -0.4 is 4.74 Å². The van der Waals surface area contributed by atoms with Crippen LogP contribution >= 0.6 is 0 Å². The topological polar surface area (TPSA) is 18.5 Å². The normalized spacial score (nSPS) is 12.2. The predicted octanol–water partition coefficient (Wildman–Crippen LogP) is 6.00. The van der Waals surface area contributed by atoms with Gasteiger partial charge in [-0.3, -0.25) is 0 Å². The van der Waals surface area contributed by atoms with E-state index >= 15 is 0 Å². The van der Waals surface area contributed by atoms with Crippen molar-refractivity contribution in [3.8, 4) is 5.75 Å². The summed E-state index contributed by atoms with van der Waals surface area (Å²) in [5.74, 6) is 0.901. The van der Waals surface area contributed by atoms with E-state index in [1.807, 2.05) is 18.2 Å². The van der Waals surface area contributed by atoms with Gasteiger partial charge in [0.1, 0.15) is 12.4 Å². The Bertz CT molecular complexity index is 621. The predicted molar refractivity (Wildman–Crippen MR) is 105 cm³/mol. The van der Waals surface area contributed by atoms with Crippen LogP contribution in [0, 0.1) is 5.41 Å². The Labute approximate surface area is 153 Å². The number of hydrogen-bond donors (Lipinski definition) is 0. The molecule has 0 aliphatic rings. The zero-order valence-corrected chi connectivity index (χ0v) is 16.3. The molecule has 0 aliphatic heterocycles. The van der Waals surface area contributed by atoms with Gasteiger partial charge in [0, 0.05) is 0 Å². The maximum absolute atomic E-state index is 5.79. The highest BCUT2D eigenvalue weighted by atomic mass is 16.5. The van der Waals surface area contributed by atoms with Crippen molar-refractivity contribution >= 4 is 0 Å². The van der Waals surface area contributed by atoms with E-state index in [0.717, 1.165) is 12.2 Å². The minimum absolute atomic E-state index is 0.162. The minimum Gasteiger partial charge on any atom is -0.491 e. The summed E-state index contributed by atoms with van der Waals surface area (Å²) >= 11 is 0. The van der Waals surface area contributed by atoms with E-state index < -0.39 is 0 Å². The van der Waals surface area contributed by atoms with Crippen LogP contribution in [-0.4, -0.2) is 13.2 Å². The first-order chi connectivity index (χ1) is 11.8. The van der Waals surface area contributed by atoms with Crippen LogP contribution in [0.2, 0.25) is 0 Å². The molecule has 0 saturated heterocycles. The molecule has 25 heavy (non-hydrogen) atoms. The molecule has 2 heteroatoms. The summed E-state index contributed by atoms with van der Waals surface area (Å²) in [7, 11) is 0. The van der Waals surface area contributed by atoms with E-state index in [9.17, 15) is 0 Å². The first-order valence-corrected chi connectivity index (χ1v) is 9.11. The van der Waals surface area contributed by atoms with Crippen LogP contribution in [0.4, 0.5) is 0 Å². The molecule has 2 aromatic carbocycles. The molecule has 136 valence electrons. The van der Waals surface area contributed by atoms with Gasteiger partial charge in [-0.1, -0.05) is 77.1 Å². The summed E-state index contributed by atoms with van der Waals surface area (Å²) in [6.07, 6.45) is 1.15. The van der Waals surface area contributed by atoms with E-state index in [-0.39, 0.29) is 5.41 Å². The highest BCUT2D eigenvalue weighted by Gasteiger charge is 2.27. The first kappa shape index (κ1) is 19.5. The maximum Gasteiger partial charge on any atom is 0.119 e. The fraction of sp³-hybridized carbons (Fsp3) is 0.478. The SMILES string of the molecule is CC(C)(C)CC(C)(C)c1ccc(OCCOCc2ccccc2)cc1. The Morgan fingerprint density at radius 1 is 0.760 bits per heavy atom. The molecule has 0 amide bonds. The van der Waals surface area contributed by atoms with Gasteiger partial charge in [0.05, 0.1) is 13.2 Å². The van der Waals surface area contributed by atoms with Gasteiger partial charge in [-0.15, -0.1) is 0 Å². The second kappa shape index (κ2) is 8.53. The Morgan fingerprint density at radius 2 is 1.40 bits per heavy atom. The Morgan fingerprint density at radius 3 is 2.00 bits per heavy atom. The molecule has 0 bridgehead atoms. The molecule has 0 spiro atoms. The molecular formula is C23H32O2. The summed E-state index contributed by atoms with van der Waals surface area (Å²) in [5.41, 5.74) is 3.02. The van der Waals surface area contributed by atoms with Gasteiger partial charge in [-0.05, 0) is 40.5 Å². The monoisotopic (exact) mass is 340 g/mol. The molecule has 2 rings (SSSR count). The van der Waals surface area contributed by atoms with Crippen molar-refractivity contribution in [1.82, 2.24) is 0 Å². The highest BCUT2D eigenvalue weighted by Crippen LogP contribution is 2.36. The van der Waals surface area contributed by atoms with Crippen molar-refractivity contribution in [2.45, 2.75) is 53.1 Å². The van der Waals surface area contributed by atoms with Gasteiger partial charge in [0.15, 0.2) is 0 Å². The van der Waals surface area contributed by atoms with E-state index in [2.05, 4.69) is 71.0 Å². The second-order valence-corrected chi connectivity index (χ2v) is 8.53. The second-order valence-electron chi connectivity index (χ2n) is 8.53. The van der Waals surface area contributed by atoms with E-state index in [1.165, 1.54) is 11.1 Å². The summed E-state index contributed by atoms with van der Waals surface area (Å²) < 4.78 is 11.4. The molecule has 0 aromatic heterocycles. The quantitative estimate of drug-likeness (QED) is 0.549. The molecule has 0 fully saturated rings. The fourth-order valence-electron chi connectivity index (χ4n) is 3.41. The van der Waals surface area contributed by atoms with Crippen molar-refractivity contribution in [1.29, 1.82) is 0 Å². The molecule has 0 atom stereocenters. The molecule has 0 N–H and O–H groups in total. The lowest BCUT2D eigenvalue weighted by molar-refractivity contribution is 0.0889. The van der Waals surface area contributed by atoms with E-state index in [1.54, 1.807) is 0 Å². The summed E-state index contributed by atoms with van der Waals surface area (Å²) in [6, 6.07) is 18.7. The lowest BCUT2D eigenvalue weighted by Gasteiger charge is -2.33. The average molecular weight is 341 g/mol. The van der Waals surface area contributed by atoms with Crippen LogP contribution in [0.1, 0.15) is 52.2 Å². The van der Waals surface area contributed by atoms with Crippen LogP contribution in [0.15, 0.2) is 54.6 Å². The smallest absolute Gasteiger partial charge is 0.119 e. The zero-order valence-electron chi connectivity index (χ0n) is 16.3. The van der Waals surface area contributed by atoms with Gasteiger partial charge >= 0.3 is 0 Å². The molecule has 0 saturated carbocycles. The lowest BCUT2D eigenvalue weighted by atomic mass is 9.72.